The second-order valence-electron chi connectivity index (χ2n) is 6.13. The lowest BCUT2D eigenvalue weighted by Crippen LogP contribution is -2.46. The maximum atomic E-state index is 5.58. The molecule has 0 bridgehead atoms. The smallest absolute Gasteiger partial charge is 0.0604 e. The Morgan fingerprint density at radius 3 is 2.71 bits per heavy atom. The summed E-state index contributed by atoms with van der Waals surface area (Å²) in [5, 5.41) is 3.69. The summed E-state index contributed by atoms with van der Waals surface area (Å²) in [6, 6.07) is 0.743. The Kier molecular flexibility index (Phi) is 5.30. The van der Waals surface area contributed by atoms with Gasteiger partial charge in [0.25, 0.3) is 0 Å². The summed E-state index contributed by atoms with van der Waals surface area (Å²) in [7, 11) is 0. The Hall–Kier alpha value is -0.0800. The summed E-state index contributed by atoms with van der Waals surface area (Å²) in [5.74, 6) is 1.97. The molecule has 0 saturated heterocycles. The van der Waals surface area contributed by atoms with E-state index in [0.29, 0.717) is 6.10 Å². The molecule has 2 heteroatoms. The van der Waals surface area contributed by atoms with Crippen molar-refractivity contribution in [1.82, 2.24) is 5.32 Å². The fourth-order valence-electron chi connectivity index (χ4n) is 3.42. The molecule has 1 N–H and O–H groups in total. The molecule has 2 rings (SSSR count). The van der Waals surface area contributed by atoms with Crippen LogP contribution in [0, 0.1) is 11.8 Å². The van der Waals surface area contributed by atoms with Gasteiger partial charge in [-0.15, -0.1) is 0 Å². The van der Waals surface area contributed by atoms with Crippen LogP contribution in [-0.4, -0.2) is 25.3 Å². The number of hydrogen-bond acceptors (Lipinski definition) is 2. The molecule has 0 radical (unpaired) electrons. The van der Waals surface area contributed by atoms with E-state index in [1.165, 1.54) is 51.5 Å². The average Bonchev–Trinajstić information content (AvgIpc) is 2.26. The topological polar surface area (TPSA) is 21.3 Å². The van der Waals surface area contributed by atoms with Crippen molar-refractivity contribution >= 4 is 0 Å². The van der Waals surface area contributed by atoms with E-state index in [0.717, 1.165) is 24.5 Å². The Morgan fingerprint density at radius 1 is 1.18 bits per heavy atom. The summed E-state index contributed by atoms with van der Waals surface area (Å²) in [4.78, 5) is 0. The largest absolute Gasteiger partial charge is 0.378 e. The molecule has 0 spiro atoms. The fraction of sp³-hybridized carbons (Fsp3) is 1.00. The summed E-state index contributed by atoms with van der Waals surface area (Å²) in [5.41, 5.74) is 0. The minimum Gasteiger partial charge on any atom is -0.378 e. The first-order valence-corrected chi connectivity index (χ1v) is 7.63. The summed E-state index contributed by atoms with van der Waals surface area (Å²) >= 11 is 0. The van der Waals surface area contributed by atoms with Crippen molar-refractivity contribution in [1.29, 1.82) is 0 Å². The van der Waals surface area contributed by atoms with Gasteiger partial charge in [0.2, 0.25) is 0 Å². The number of hydrogen-bond donors (Lipinski definition) is 1. The third-order valence-electron chi connectivity index (χ3n) is 4.53. The normalized spacial score (nSPS) is 37.8. The second-order valence-corrected chi connectivity index (χ2v) is 6.13. The maximum Gasteiger partial charge on any atom is 0.0604 e. The molecule has 2 saturated carbocycles. The van der Waals surface area contributed by atoms with Crippen molar-refractivity contribution in [3.8, 4) is 0 Å². The minimum absolute atomic E-state index is 0.548. The van der Waals surface area contributed by atoms with Gasteiger partial charge < -0.3 is 10.1 Å². The van der Waals surface area contributed by atoms with Crippen molar-refractivity contribution in [2.45, 2.75) is 70.9 Å². The van der Waals surface area contributed by atoms with Crippen LogP contribution < -0.4 is 5.32 Å². The van der Waals surface area contributed by atoms with E-state index in [9.17, 15) is 0 Å². The van der Waals surface area contributed by atoms with E-state index in [-0.39, 0.29) is 0 Å². The first-order chi connectivity index (χ1) is 8.28. The quantitative estimate of drug-likeness (QED) is 0.767. The van der Waals surface area contributed by atoms with Gasteiger partial charge in [-0.3, -0.25) is 0 Å². The zero-order valence-electron chi connectivity index (χ0n) is 11.6. The Labute approximate surface area is 107 Å². The van der Waals surface area contributed by atoms with E-state index in [4.69, 9.17) is 4.74 Å². The zero-order chi connectivity index (χ0) is 12.1. The summed E-state index contributed by atoms with van der Waals surface area (Å²) in [6.45, 7) is 6.60. The lowest BCUT2D eigenvalue weighted by molar-refractivity contribution is -0.0101. The number of nitrogens with one attached hydrogen (secondary N) is 1. The third kappa shape index (κ3) is 4.26. The van der Waals surface area contributed by atoms with E-state index in [1.54, 1.807) is 0 Å². The monoisotopic (exact) mass is 239 g/mol. The van der Waals surface area contributed by atoms with Crippen LogP contribution in [0.25, 0.3) is 0 Å². The van der Waals surface area contributed by atoms with Gasteiger partial charge in [0, 0.05) is 12.6 Å². The highest BCUT2D eigenvalue weighted by molar-refractivity contribution is 4.86. The molecule has 100 valence electrons. The fourth-order valence-corrected chi connectivity index (χ4v) is 3.42. The molecule has 2 aliphatic rings. The highest BCUT2D eigenvalue weighted by Gasteiger charge is 2.29. The van der Waals surface area contributed by atoms with E-state index in [2.05, 4.69) is 19.2 Å². The predicted molar refractivity (Wildman–Crippen MR) is 72.2 cm³/mol. The van der Waals surface area contributed by atoms with Gasteiger partial charge in [0.15, 0.2) is 0 Å². The van der Waals surface area contributed by atoms with Gasteiger partial charge in [-0.2, -0.15) is 0 Å². The molecule has 0 amide bonds. The molecule has 0 aliphatic heterocycles. The Morgan fingerprint density at radius 2 is 2.00 bits per heavy atom. The van der Waals surface area contributed by atoms with Gasteiger partial charge in [-0.05, 0) is 51.0 Å². The third-order valence-corrected chi connectivity index (χ3v) is 4.53. The standard InChI is InChI=1S/C15H29NO/c1-3-17-15-10-14(11-15)16-8-7-13-6-4-5-12(2)9-13/h12-16H,3-11H2,1-2H3. The number of rotatable bonds is 6. The van der Waals surface area contributed by atoms with E-state index >= 15 is 0 Å². The highest BCUT2D eigenvalue weighted by Crippen LogP contribution is 2.30. The van der Waals surface area contributed by atoms with Gasteiger partial charge in [0.05, 0.1) is 6.10 Å². The van der Waals surface area contributed by atoms with Gasteiger partial charge in [-0.25, -0.2) is 0 Å². The van der Waals surface area contributed by atoms with Crippen LogP contribution in [-0.2, 0) is 4.74 Å². The molecule has 2 unspecified atom stereocenters. The van der Waals surface area contributed by atoms with E-state index < -0.39 is 0 Å². The van der Waals surface area contributed by atoms with Crippen LogP contribution in [0.15, 0.2) is 0 Å². The van der Waals surface area contributed by atoms with Crippen molar-refractivity contribution < 1.29 is 4.74 Å². The highest BCUT2D eigenvalue weighted by atomic mass is 16.5. The molecule has 0 aromatic rings. The van der Waals surface area contributed by atoms with Crippen LogP contribution in [0.4, 0.5) is 0 Å². The molecule has 0 aromatic heterocycles. The van der Waals surface area contributed by atoms with Crippen molar-refractivity contribution in [3.63, 3.8) is 0 Å². The summed E-state index contributed by atoms with van der Waals surface area (Å²) < 4.78 is 5.58. The van der Waals surface area contributed by atoms with E-state index in [1.807, 2.05) is 0 Å². The lowest BCUT2D eigenvalue weighted by Gasteiger charge is -2.36. The van der Waals surface area contributed by atoms with Crippen molar-refractivity contribution in [3.05, 3.63) is 0 Å². The molecular weight excluding hydrogens is 210 g/mol. The predicted octanol–water partition coefficient (Wildman–Crippen LogP) is 3.36. The molecule has 2 nitrogen and oxygen atoms in total. The zero-order valence-corrected chi connectivity index (χ0v) is 11.6. The minimum atomic E-state index is 0.548. The first kappa shape index (κ1) is 13.4. The van der Waals surface area contributed by atoms with Gasteiger partial charge in [0.1, 0.15) is 0 Å². The van der Waals surface area contributed by atoms with Crippen molar-refractivity contribution in [2.24, 2.45) is 11.8 Å². The maximum absolute atomic E-state index is 5.58. The molecule has 2 atom stereocenters. The Bertz CT molecular complexity index is 213. The molecule has 2 fully saturated rings. The van der Waals surface area contributed by atoms with Crippen molar-refractivity contribution in [2.75, 3.05) is 13.2 Å². The Balaban J connectivity index is 1.49. The van der Waals surface area contributed by atoms with Crippen LogP contribution in [0.5, 0.6) is 0 Å². The first-order valence-electron chi connectivity index (χ1n) is 7.63. The van der Waals surface area contributed by atoms with Crippen LogP contribution >= 0.6 is 0 Å². The SMILES string of the molecule is CCOC1CC(NCCC2CCCC(C)C2)C1. The van der Waals surface area contributed by atoms with Gasteiger partial charge >= 0.3 is 0 Å². The van der Waals surface area contributed by atoms with Gasteiger partial charge in [-0.1, -0.05) is 26.2 Å². The van der Waals surface area contributed by atoms with Crippen LogP contribution in [0.1, 0.15) is 58.8 Å². The van der Waals surface area contributed by atoms with Crippen LogP contribution in [0.2, 0.25) is 0 Å². The summed E-state index contributed by atoms with van der Waals surface area (Å²) in [6.07, 6.45) is 10.3. The molecule has 2 aliphatic carbocycles. The molecular formula is C15H29NO. The molecule has 0 aromatic carbocycles. The van der Waals surface area contributed by atoms with Crippen LogP contribution in [0.3, 0.4) is 0 Å². The molecule has 17 heavy (non-hydrogen) atoms. The lowest BCUT2D eigenvalue weighted by atomic mass is 9.80. The average molecular weight is 239 g/mol. The second kappa shape index (κ2) is 6.75. The molecule has 0 heterocycles. The number of ether oxygens (including phenoxy) is 1.